The van der Waals surface area contributed by atoms with E-state index in [9.17, 15) is 4.91 Å². The van der Waals surface area contributed by atoms with Gasteiger partial charge in [-0.15, -0.1) is 0 Å². The van der Waals surface area contributed by atoms with Gasteiger partial charge >= 0.3 is 0 Å². The van der Waals surface area contributed by atoms with Crippen LogP contribution < -0.4 is 0 Å². The van der Waals surface area contributed by atoms with Crippen LogP contribution in [0, 0.1) is 4.91 Å². The zero-order valence-electron chi connectivity index (χ0n) is 5.92. The van der Waals surface area contributed by atoms with Gasteiger partial charge in [0, 0.05) is 5.54 Å². The SMILES string of the molecule is CN(C)C1(CN=O)CC1. The molecule has 1 aliphatic carbocycles. The van der Waals surface area contributed by atoms with E-state index in [0.717, 1.165) is 12.8 Å². The molecular weight excluding hydrogens is 116 g/mol. The maximum atomic E-state index is 9.89. The summed E-state index contributed by atoms with van der Waals surface area (Å²) >= 11 is 0. The summed E-state index contributed by atoms with van der Waals surface area (Å²) in [7, 11) is 4.00. The van der Waals surface area contributed by atoms with Crippen molar-refractivity contribution in [2.45, 2.75) is 18.4 Å². The van der Waals surface area contributed by atoms with Crippen LogP contribution >= 0.6 is 0 Å². The molecule has 9 heavy (non-hydrogen) atoms. The van der Waals surface area contributed by atoms with Gasteiger partial charge in [-0.3, -0.25) is 0 Å². The second-order valence-electron chi connectivity index (χ2n) is 2.91. The van der Waals surface area contributed by atoms with Crippen molar-refractivity contribution >= 4 is 0 Å². The lowest BCUT2D eigenvalue weighted by Crippen LogP contribution is -2.32. The first-order valence-electron chi connectivity index (χ1n) is 3.18. The van der Waals surface area contributed by atoms with Gasteiger partial charge in [0.05, 0.1) is 6.54 Å². The van der Waals surface area contributed by atoms with Gasteiger partial charge in [-0.05, 0) is 26.9 Å². The predicted molar refractivity (Wildman–Crippen MR) is 36.3 cm³/mol. The molecule has 0 N–H and O–H groups in total. The molecule has 52 valence electrons. The minimum Gasteiger partial charge on any atom is -0.302 e. The highest BCUT2D eigenvalue weighted by Gasteiger charge is 2.45. The average molecular weight is 128 g/mol. The highest BCUT2D eigenvalue weighted by atomic mass is 16.3. The molecule has 0 amide bonds. The third-order valence-electron chi connectivity index (χ3n) is 2.13. The van der Waals surface area contributed by atoms with Gasteiger partial charge in [-0.25, -0.2) is 0 Å². The molecule has 0 radical (unpaired) electrons. The van der Waals surface area contributed by atoms with Crippen molar-refractivity contribution in [3.63, 3.8) is 0 Å². The molecule has 0 atom stereocenters. The molecule has 0 aromatic heterocycles. The second kappa shape index (κ2) is 2.06. The Morgan fingerprint density at radius 2 is 2.11 bits per heavy atom. The Kier molecular flexibility index (Phi) is 1.53. The van der Waals surface area contributed by atoms with E-state index in [-0.39, 0.29) is 5.54 Å². The van der Waals surface area contributed by atoms with Crippen LogP contribution in [-0.4, -0.2) is 31.1 Å². The van der Waals surface area contributed by atoms with Crippen molar-refractivity contribution in [1.29, 1.82) is 0 Å². The molecular formula is C6H12N2O. The van der Waals surface area contributed by atoms with Crippen LogP contribution in [0.15, 0.2) is 5.18 Å². The summed E-state index contributed by atoms with van der Waals surface area (Å²) in [5.41, 5.74) is 0.155. The number of nitroso groups, excluding NO2 is 1. The van der Waals surface area contributed by atoms with Gasteiger partial charge in [0.25, 0.3) is 0 Å². The van der Waals surface area contributed by atoms with Crippen molar-refractivity contribution in [1.82, 2.24) is 4.90 Å². The summed E-state index contributed by atoms with van der Waals surface area (Å²) in [5.74, 6) is 0. The number of nitrogens with zero attached hydrogens (tertiary/aromatic N) is 2. The molecule has 1 rings (SSSR count). The Morgan fingerprint density at radius 3 is 2.22 bits per heavy atom. The van der Waals surface area contributed by atoms with E-state index < -0.39 is 0 Å². The Bertz CT molecular complexity index is 118. The monoisotopic (exact) mass is 128 g/mol. The van der Waals surface area contributed by atoms with Crippen molar-refractivity contribution in [3.8, 4) is 0 Å². The first-order valence-corrected chi connectivity index (χ1v) is 3.18. The molecule has 0 aliphatic heterocycles. The zero-order valence-corrected chi connectivity index (χ0v) is 5.92. The first kappa shape index (κ1) is 6.68. The third kappa shape index (κ3) is 1.10. The van der Waals surface area contributed by atoms with Gasteiger partial charge in [0.15, 0.2) is 0 Å². The van der Waals surface area contributed by atoms with Crippen LogP contribution in [-0.2, 0) is 0 Å². The van der Waals surface area contributed by atoms with E-state index in [1.165, 1.54) is 0 Å². The summed E-state index contributed by atoms with van der Waals surface area (Å²) in [6, 6.07) is 0. The van der Waals surface area contributed by atoms with E-state index >= 15 is 0 Å². The summed E-state index contributed by atoms with van der Waals surface area (Å²) in [4.78, 5) is 12.0. The standard InChI is InChI=1S/C6H12N2O/c1-8(2)6(3-4-6)5-7-9/h3-5H2,1-2H3. The molecule has 3 nitrogen and oxygen atoms in total. The van der Waals surface area contributed by atoms with Crippen LogP contribution in [0.4, 0.5) is 0 Å². The van der Waals surface area contributed by atoms with Crippen LogP contribution in [0.5, 0.6) is 0 Å². The van der Waals surface area contributed by atoms with E-state index in [1.54, 1.807) is 0 Å². The lowest BCUT2D eigenvalue weighted by molar-refractivity contribution is 0.278. The number of rotatable bonds is 3. The van der Waals surface area contributed by atoms with E-state index in [4.69, 9.17) is 0 Å². The predicted octanol–water partition coefficient (Wildman–Crippen LogP) is 0.847. The van der Waals surface area contributed by atoms with E-state index in [1.807, 2.05) is 14.1 Å². The quantitative estimate of drug-likeness (QED) is 0.528. The fourth-order valence-corrected chi connectivity index (χ4v) is 1.01. The molecule has 0 bridgehead atoms. The van der Waals surface area contributed by atoms with Gasteiger partial charge in [0.1, 0.15) is 0 Å². The minimum absolute atomic E-state index is 0.155. The highest BCUT2D eigenvalue weighted by molar-refractivity contribution is 5.03. The molecule has 0 spiro atoms. The average Bonchev–Trinajstić information content (AvgIpc) is 2.49. The molecule has 1 aliphatic rings. The molecule has 3 heteroatoms. The van der Waals surface area contributed by atoms with Crippen molar-refractivity contribution in [2.24, 2.45) is 5.18 Å². The van der Waals surface area contributed by atoms with Crippen LogP contribution in [0.2, 0.25) is 0 Å². The lowest BCUT2D eigenvalue weighted by atomic mass is 10.2. The lowest BCUT2D eigenvalue weighted by Gasteiger charge is -2.19. The fourth-order valence-electron chi connectivity index (χ4n) is 1.01. The number of likely N-dealkylation sites (N-methyl/N-ethyl adjacent to an activating group) is 1. The van der Waals surface area contributed by atoms with Crippen LogP contribution in [0.25, 0.3) is 0 Å². The largest absolute Gasteiger partial charge is 0.302 e. The Morgan fingerprint density at radius 1 is 1.56 bits per heavy atom. The maximum Gasteiger partial charge on any atom is 0.0994 e. The maximum absolute atomic E-state index is 9.89. The Hall–Kier alpha value is -0.440. The second-order valence-corrected chi connectivity index (χ2v) is 2.91. The first-order chi connectivity index (χ1) is 4.21. The zero-order chi connectivity index (χ0) is 6.91. The number of hydrogen-bond acceptors (Lipinski definition) is 3. The van der Waals surface area contributed by atoms with Crippen molar-refractivity contribution < 1.29 is 0 Å². The topological polar surface area (TPSA) is 32.7 Å². The molecule has 0 heterocycles. The fraction of sp³-hybridized carbons (Fsp3) is 1.00. The minimum atomic E-state index is 0.155. The summed E-state index contributed by atoms with van der Waals surface area (Å²) in [6.45, 7) is 0.458. The Labute approximate surface area is 55.0 Å². The molecule has 0 aromatic rings. The molecule has 1 saturated carbocycles. The van der Waals surface area contributed by atoms with E-state index in [0.29, 0.717) is 6.54 Å². The van der Waals surface area contributed by atoms with E-state index in [2.05, 4.69) is 10.1 Å². The van der Waals surface area contributed by atoms with Crippen LogP contribution in [0.3, 0.4) is 0 Å². The molecule has 0 aromatic carbocycles. The van der Waals surface area contributed by atoms with Gasteiger partial charge < -0.3 is 4.90 Å². The number of hydrogen-bond donors (Lipinski definition) is 0. The molecule has 1 fully saturated rings. The molecule has 0 saturated heterocycles. The van der Waals surface area contributed by atoms with Gasteiger partial charge in [-0.2, -0.15) is 4.91 Å². The highest BCUT2D eigenvalue weighted by Crippen LogP contribution is 2.39. The normalized spacial score (nSPS) is 22.1. The van der Waals surface area contributed by atoms with Gasteiger partial charge in [0.2, 0.25) is 0 Å². The van der Waals surface area contributed by atoms with Crippen molar-refractivity contribution in [3.05, 3.63) is 4.91 Å². The summed E-state index contributed by atoms with van der Waals surface area (Å²) < 4.78 is 0. The Balaban J connectivity index is 2.42. The summed E-state index contributed by atoms with van der Waals surface area (Å²) in [6.07, 6.45) is 2.26. The van der Waals surface area contributed by atoms with Crippen molar-refractivity contribution in [2.75, 3.05) is 20.6 Å². The van der Waals surface area contributed by atoms with Gasteiger partial charge in [-0.1, -0.05) is 5.18 Å². The van der Waals surface area contributed by atoms with Crippen LogP contribution in [0.1, 0.15) is 12.8 Å². The third-order valence-corrected chi connectivity index (χ3v) is 2.13. The smallest absolute Gasteiger partial charge is 0.0994 e. The summed E-state index contributed by atoms with van der Waals surface area (Å²) in [5, 5.41) is 2.90. The molecule has 0 unspecified atom stereocenters.